The van der Waals surface area contributed by atoms with Gasteiger partial charge in [-0.1, -0.05) is 6.07 Å². The van der Waals surface area contributed by atoms with E-state index in [9.17, 15) is 31.5 Å². The molecule has 0 aliphatic heterocycles. The minimum Gasteiger partial charge on any atom is -0.476 e. The van der Waals surface area contributed by atoms with Crippen LogP contribution in [0.25, 0.3) is 11.3 Å². The maximum Gasteiger partial charge on any atom is 0.435 e. The van der Waals surface area contributed by atoms with E-state index in [0.717, 1.165) is 18.4 Å². The van der Waals surface area contributed by atoms with Crippen LogP contribution in [-0.4, -0.2) is 40.7 Å². The fraction of sp³-hybridized carbons (Fsp3) is 0.158. The summed E-state index contributed by atoms with van der Waals surface area (Å²) in [5.74, 6) is -2.61. The minimum absolute atomic E-state index is 0.0582. The summed E-state index contributed by atoms with van der Waals surface area (Å²) in [5, 5.41) is 9.26. The molecule has 0 fully saturated rings. The zero-order valence-corrected chi connectivity index (χ0v) is 17.1. The number of alkyl halides is 3. The molecular formula is C19H15F3N4O5S. The largest absolute Gasteiger partial charge is 0.476 e. The van der Waals surface area contributed by atoms with Crippen molar-refractivity contribution in [3.8, 4) is 17.1 Å². The van der Waals surface area contributed by atoms with Crippen molar-refractivity contribution in [2.75, 3.05) is 12.0 Å². The van der Waals surface area contributed by atoms with Gasteiger partial charge in [0.2, 0.25) is 5.88 Å². The van der Waals surface area contributed by atoms with Gasteiger partial charge in [-0.05, 0) is 30.3 Å². The van der Waals surface area contributed by atoms with E-state index in [2.05, 4.69) is 15.0 Å². The second-order valence-electron chi connectivity index (χ2n) is 6.51. The molecule has 0 spiro atoms. The number of hydrogen-bond acceptors (Lipinski definition) is 8. The number of pyridine rings is 1. The van der Waals surface area contributed by atoms with Crippen molar-refractivity contribution in [3.05, 3.63) is 59.7 Å². The monoisotopic (exact) mass is 468 g/mol. The number of carboxylic acids is 1. The molecule has 0 aliphatic rings. The summed E-state index contributed by atoms with van der Waals surface area (Å²) in [7, 11) is -3.63. The van der Waals surface area contributed by atoms with Gasteiger partial charge in [-0.15, -0.1) is 0 Å². The summed E-state index contributed by atoms with van der Waals surface area (Å²) in [6, 6.07) is 8.23. The molecule has 32 heavy (non-hydrogen) atoms. The van der Waals surface area contributed by atoms with Crippen LogP contribution in [0.1, 0.15) is 21.9 Å². The van der Waals surface area contributed by atoms with Crippen LogP contribution in [0.3, 0.4) is 0 Å². The number of ether oxygens (including phenoxy) is 1. The van der Waals surface area contributed by atoms with Crippen molar-refractivity contribution in [3.63, 3.8) is 0 Å². The topological polar surface area (TPSA) is 145 Å². The first-order chi connectivity index (χ1) is 14.9. The molecule has 168 valence electrons. The molecule has 0 unspecified atom stereocenters. The number of rotatable bonds is 6. The number of sulfone groups is 1. The summed E-state index contributed by atoms with van der Waals surface area (Å²) in [4.78, 5) is 22.3. The first-order valence-electron chi connectivity index (χ1n) is 8.73. The summed E-state index contributed by atoms with van der Waals surface area (Å²) >= 11 is 0. The number of nitrogens with zero attached hydrogens (tertiary/aromatic N) is 3. The van der Waals surface area contributed by atoms with E-state index in [0.29, 0.717) is 5.69 Å². The molecule has 3 N–H and O–H groups in total. The second-order valence-corrected chi connectivity index (χ2v) is 8.52. The van der Waals surface area contributed by atoms with E-state index in [1.165, 1.54) is 12.3 Å². The molecule has 13 heteroatoms. The van der Waals surface area contributed by atoms with Crippen LogP contribution in [0.2, 0.25) is 0 Å². The van der Waals surface area contributed by atoms with Crippen molar-refractivity contribution >= 4 is 21.5 Å². The molecule has 1 aromatic carbocycles. The Morgan fingerprint density at radius 3 is 2.44 bits per heavy atom. The Hall–Kier alpha value is -3.74. The lowest BCUT2D eigenvalue weighted by Gasteiger charge is -2.16. The number of nitrogen functional groups attached to an aromatic ring is 1. The Bertz CT molecular complexity index is 1280. The highest BCUT2D eigenvalue weighted by molar-refractivity contribution is 7.90. The van der Waals surface area contributed by atoms with Crippen LogP contribution in [-0.2, 0) is 22.6 Å². The van der Waals surface area contributed by atoms with Crippen molar-refractivity contribution < 1.29 is 36.2 Å². The third kappa shape index (κ3) is 4.94. The number of hydrogen-bond donors (Lipinski definition) is 2. The van der Waals surface area contributed by atoms with E-state index >= 15 is 0 Å². The van der Waals surface area contributed by atoms with E-state index in [1.807, 2.05) is 0 Å². The molecule has 0 amide bonds. The first kappa shape index (κ1) is 22.9. The number of carboxylic acid groups (broad SMARTS) is 1. The van der Waals surface area contributed by atoms with Crippen LogP contribution in [0.4, 0.5) is 18.9 Å². The van der Waals surface area contributed by atoms with Crippen molar-refractivity contribution in [2.24, 2.45) is 0 Å². The van der Waals surface area contributed by atoms with Gasteiger partial charge in [-0.2, -0.15) is 13.2 Å². The summed E-state index contributed by atoms with van der Waals surface area (Å²) in [6.45, 7) is -0.298. The Morgan fingerprint density at radius 2 is 1.91 bits per heavy atom. The highest BCUT2D eigenvalue weighted by Crippen LogP contribution is 2.37. The molecule has 2 aromatic heterocycles. The summed E-state index contributed by atoms with van der Waals surface area (Å²) in [5.41, 5.74) is 2.52. The lowest BCUT2D eigenvalue weighted by Crippen LogP contribution is -2.19. The fourth-order valence-electron chi connectivity index (χ4n) is 2.66. The molecule has 0 aliphatic carbocycles. The predicted octanol–water partition coefficient (Wildman–Crippen LogP) is 2.82. The van der Waals surface area contributed by atoms with E-state index in [-0.39, 0.29) is 22.8 Å². The average Bonchev–Trinajstić information content (AvgIpc) is 2.71. The van der Waals surface area contributed by atoms with Gasteiger partial charge in [0.1, 0.15) is 12.3 Å². The molecule has 0 bridgehead atoms. The molecule has 2 heterocycles. The zero-order valence-electron chi connectivity index (χ0n) is 16.3. The molecule has 0 radical (unpaired) electrons. The van der Waals surface area contributed by atoms with Gasteiger partial charge in [-0.25, -0.2) is 23.2 Å². The molecule has 3 aromatic rings. The van der Waals surface area contributed by atoms with Gasteiger partial charge in [0, 0.05) is 23.7 Å². The number of benzene rings is 1. The number of aromatic nitrogens is 3. The van der Waals surface area contributed by atoms with E-state index in [4.69, 9.17) is 10.5 Å². The molecule has 9 nitrogen and oxygen atoms in total. The van der Waals surface area contributed by atoms with Crippen LogP contribution in [0, 0.1) is 0 Å². The van der Waals surface area contributed by atoms with E-state index in [1.54, 1.807) is 18.2 Å². The Kier molecular flexibility index (Phi) is 6.03. The molecule has 0 saturated heterocycles. The van der Waals surface area contributed by atoms with Crippen molar-refractivity contribution in [1.29, 1.82) is 0 Å². The van der Waals surface area contributed by atoms with Gasteiger partial charge in [0.05, 0.1) is 10.6 Å². The Labute approximate surface area is 179 Å². The Balaban J connectivity index is 2.20. The number of halogens is 3. The van der Waals surface area contributed by atoms with Crippen molar-refractivity contribution in [2.45, 2.75) is 17.7 Å². The van der Waals surface area contributed by atoms with Gasteiger partial charge in [0.25, 0.3) is 0 Å². The number of aromatic carboxylic acids is 1. The number of anilines is 1. The highest BCUT2D eigenvalue weighted by Gasteiger charge is 2.40. The minimum atomic E-state index is -5.13. The van der Waals surface area contributed by atoms with Crippen LogP contribution < -0.4 is 10.5 Å². The molecular weight excluding hydrogens is 453 g/mol. The maximum absolute atomic E-state index is 13.4. The van der Waals surface area contributed by atoms with Gasteiger partial charge in [-0.3, -0.25) is 4.98 Å². The second kappa shape index (κ2) is 8.42. The maximum atomic E-state index is 13.4. The van der Waals surface area contributed by atoms with Crippen LogP contribution in [0.5, 0.6) is 5.88 Å². The summed E-state index contributed by atoms with van der Waals surface area (Å²) < 4.78 is 69.2. The van der Waals surface area contributed by atoms with Crippen LogP contribution in [0.15, 0.2) is 47.5 Å². The predicted molar refractivity (Wildman–Crippen MR) is 106 cm³/mol. The standard InChI is InChI=1S/C19H15F3N4O5S/c1-32(29,30)11-5-6-12(13(23)8-11)14-17(31-9-10-4-2-3-7-24-10)26-16(19(20,21)22)15(25-14)18(27)28/h2-8H,9,23H2,1H3,(H,27,28). The third-order valence-electron chi connectivity index (χ3n) is 4.12. The quantitative estimate of drug-likeness (QED) is 0.522. The smallest absolute Gasteiger partial charge is 0.435 e. The lowest BCUT2D eigenvalue weighted by atomic mass is 10.1. The number of nitrogens with two attached hydrogens (primary N) is 1. The number of carbonyl (C=O) groups is 1. The third-order valence-corrected chi connectivity index (χ3v) is 5.23. The van der Waals surface area contributed by atoms with Gasteiger partial charge < -0.3 is 15.6 Å². The average molecular weight is 468 g/mol. The normalized spacial score (nSPS) is 11.9. The van der Waals surface area contributed by atoms with Gasteiger partial charge >= 0.3 is 12.1 Å². The van der Waals surface area contributed by atoms with E-state index < -0.39 is 44.9 Å². The lowest BCUT2D eigenvalue weighted by molar-refractivity contribution is -0.142. The van der Waals surface area contributed by atoms with Crippen molar-refractivity contribution in [1.82, 2.24) is 15.0 Å². The highest BCUT2D eigenvalue weighted by atomic mass is 32.2. The first-order valence-corrected chi connectivity index (χ1v) is 10.6. The SMILES string of the molecule is CS(=O)(=O)c1ccc(-c2nc(C(=O)O)c(C(F)(F)F)nc2OCc2ccccn2)c(N)c1. The zero-order chi connectivity index (χ0) is 23.7. The Morgan fingerprint density at radius 1 is 1.19 bits per heavy atom. The molecule has 0 saturated carbocycles. The fourth-order valence-corrected chi connectivity index (χ4v) is 3.31. The summed E-state index contributed by atoms with van der Waals surface area (Å²) in [6.07, 6.45) is -2.74. The molecule has 3 rings (SSSR count). The molecule has 0 atom stereocenters. The van der Waals surface area contributed by atoms with Crippen LogP contribution >= 0.6 is 0 Å². The van der Waals surface area contributed by atoms with Gasteiger partial charge in [0.15, 0.2) is 21.2 Å².